The fourth-order valence-electron chi connectivity index (χ4n) is 1.35. The number of hydrogen-bond acceptors (Lipinski definition) is 6. The van der Waals surface area contributed by atoms with Crippen molar-refractivity contribution < 1.29 is 9.90 Å². The number of hydrogen-bond donors (Lipinski definition) is 2. The summed E-state index contributed by atoms with van der Waals surface area (Å²) in [6.45, 7) is 1.52. The van der Waals surface area contributed by atoms with Crippen molar-refractivity contribution in [2.75, 3.05) is 5.32 Å². The first kappa shape index (κ1) is 11.8. The van der Waals surface area contributed by atoms with Gasteiger partial charge in [-0.15, -0.1) is 10.2 Å². The number of para-hydroxylation sites is 1. The second kappa shape index (κ2) is 4.66. The van der Waals surface area contributed by atoms with Gasteiger partial charge in [0.2, 0.25) is 5.95 Å². The molecule has 2 aromatic rings. The molecule has 2 N–H and O–H groups in total. The molecule has 0 bridgehead atoms. The van der Waals surface area contributed by atoms with E-state index in [9.17, 15) is 14.7 Å². The lowest BCUT2D eigenvalue weighted by atomic mass is 10.2. The van der Waals surface area contributed by atoms with E-state index < -0.39 is 11.5 Å². The topological polar surface area (TPSA) is 111 Å². The Morgan fingerprint density at radius 3 is 2.72 bits per heavy atom. The molecule has 0 saturated heterocycles. The van der Waals surface area contributed by atoms with E-state index in [1.54, 1.807) is 12.1 Å². The van der Waals surface area contributed by atoms with Gasteiger partial charge in [-0.1, -0.05) is 18.2 Å². The fraction of sp³-hybridized carbons (Fsp3) is 0.0909. The summed E-state index contributed by atoms with van der Waals surface area (Å²) in [6.07, 6.45) is 0. The predicted molar refractivity (Wildman–Crippen MR) is 61.4 cm³/mol. The normalized spacial score (nSPS) is 10.1. The van der Waals surface area contributed by atoms with E-state index in [0.717, 1.165) is 0 Å². The molecule has 0 fully saturated rings. The minimum atomic E-state index is -1.32. The van der Waals surface area contributed by atoms with Crippen LogP contribution in [0, 0.1) is 6.92 Å². The number of nitrogens with zero attached hydrogens (tertiary/aromatic N) is 2. The summed E-state index contributed by atoms with van der Waals surface area (Å²) in [5.41, 5.74) is 0.0826. The van der Waals surface area contributed by atoms with Crippen molar-refractivity contribution in [1.82, 2.24) is 15.2 Å². The molecule has 92 valence electrons. The van der Waals surface area contributed by atoms with Crippen LogP contribution in [-0.2, 0) is 0 Å². The maximum absolute atomic E-state index is 11.3. The molecule has 0 amide bonds. The third-order valence-electron chi connectivity index (χ3n) is 2.26. The van der Waals surface area contributed by atoms with Crippen LogP contribution in [0.1, 0.15) is 16.1 Å². The maximum atomic E-state index is 11.3. The quantitative estimate of drug-likeness (QED) is 0.759. The van der Waals surface area contributed by atoms with Crippen LogP contribution in [-0.4, -0.2) is 21.2 Å². The lowest BCUT2D eigenvalue weighted by Crippen LogP contribution is -2.23. The van der Waals surface area contributed by atoms with Gasteiger partial charge in [-0.2, -0.15) is 0 Å². The van der Waals surface area contributed by atoms with Gasteiger partial charge in [-0.05, 0) is 13.0 Å². The number of rotatable bonds is 3. The number of aryl methyl sites for hydroxylation is 1. The summed E-state index contributed by atoms with van der Waals surface area (Å²) in [4.78, 5) is 24.6. The van der Waals surface area contributed by atoms with Gasteiger partial charge in [-0.25, -0.2) is 0 Å². The lowest BCUT2D eigenvalue weighted by Gasteiger charge is -2.11. The van der Waals surface area contributed by atoms with Gasteiger partial charge in [-0.3, -0.25) is 9.78 Å². The van der Waals surface area contributed by atoms with E-state index in [4.69, 9.17) is 0 Å². The monoisotopic (exact) mass is 245 g/mol. The Labute approximate surface area is 102 Å². The lowest BCUT2D eigenvalue weighted by molar-refractivity contribution is -0.254. The first-order valence-corrected chi connectivity index (χ1v) is 5.09. The number of aromatic nitrogens is 3. The summed E-state index contributed by atoms with van der Waals surface area (Å²) in [5, 5.41) is 20.9. The van der Waals surface area contributed by atoms with Crippen LogP contribution in [0.4, 0.5) is 11.6 Å². The highest BCUT2D eigenvalue weighted by molar-refractivity contribution is 5.93. The molecule has 0 atom stereocenters. The third kappa shape index (κ3) is 2.34. The van der Waals surface area contributed by atoms with Crippen LogP contribution in [0.15, 0.2) is 29.1 Å². The van der Waals surface area contributed by atoms with Crippen LogP contribution < -0.4 is 16.0 Å². The molecule has 0 aliphatic carbocycles. The zero-order valence-electron chi connectivity index (χ0n) is 9.43. The van der Waals surface area contributed by atoms with Crippen LogP contribution >= 0.6 is 0 Å². The number of carboxylic acids is 1. The van der Waals surface area contributed by atoms with E-state index in [1.807, 2.05) is 0 Å². The SMILES string of the molecule is Cc1nnc(Nc2ccccc2C(=O)[O-])[nH]c1=O. The number of aromatic carboxylic acids is 1. The van der Waals surface area contributed by atoms with Gasteiger partial charge in [0.25, 0.3) is 5.56 Å². The minimum Gasteiger partial charge on any atom is -0.545 e. The summed E-state index contributed by atoms with van der Waals surface area (Å²) < 4.78 is 0. The zero-order valence-corrected chi connectivity index (χ0v) is 9.43. The van der Waals surface area contributed by atoms with Crippen LogP contribution in [0.3, 0.4) is 0 Å². The molecular formula is C11H9N4O3-. The molecule has 1 aromatic heterocycles. The predicted octanol–water partition coefficient (Wildman–Crippen LogP) is -0.420. The third-order valence-corrected chi connectivity index (χ3v) is 2.26. The molecule has 0 unspecified atom stereocenters. The molecular weight excluding hydrogens is 236 g/mol. The van der Waals surface area contributed by atoms with Crippen molar-refractivity contribution in [2.45, 2.75) is 6.92 Å². The summed E-state index contributed by atoms with van der Waals surface area (Å²) in [7, 11) is 0. The second-order valence-corrected chi connectivity index (χ2v) is 3.55. The number of nitrogens with one attached hydrogen (secondary N) is 2. The molecule has 0 spiro atoms. The average molecular weight is 245 g/mol. The fourth-order valence-corrected chi connectivity index (χ4v) is 1.35. The Kier molecular flexibility index (Phi) is 3.05. The summed E-state index contributed by atoms with van der Waals surface area (Å²) in [6, 6.07) is 6.14. The molecule has 1 heterocycles. The van der Waals surface area contributed by atoms with E-state index in [2.05, 4.69) is 20.5 Å². The number of carboxylic acid groups (broad SMARTS) is 1. The molecule has 7 nitrogen and oxygen atoms in total. The van der Waals surface area contributed by atoms with Crippen molar-refractivity contribution in [3.8, 4) is 0 Å². The number of H-pyrrole nitrogens is 1. The highest BCUT2D eigenvalue weighted by Gasteiger charge is 2.05. The van der Waals surface area contributed by atoms with E-state index in [-0.39, 0.29) is 22.9 Å². The standard InChI is InChI=1S/C11H10N4O3/c1-6-9(16)13-11(15-14-6)12-8-5-3-2-4-7(8)10(17)18/h2-5H,1H3,(H,17,18)(H2,12,13,15,16)/p-1. The summed E-state index contributed by atoms with van der Waals surface area (Å²) in [5.74, 6) is -1.25. The Balaban J connectivity index is 2.37. The van der Waals surface area contributed by atoms with Crippen LogP contribution in [0.5, 0.6) is 0 Å². The number of carbonyl (C=O) groups excluding carboxylic acids is 1. The Hall–Kier alpha value is -2.70. The number of carbonyl (C=O) groups is 1. The van der Waals surface area contributed by atoms with E-state index in [1.165, 1.54) is 19.1 Å². The molecule has 0 radical (unpaired) electrons. The minimum absolute atomic E-state index is 0.0271. The molecule has 0 aliphatic rings. The van der Waals surface area contributed by atoms with E-state index in [0.29, 0.717) is 0 Å². The number of anilines is 2. The van der Waals surface area contributed by atoms with E-state index >= 15 is 0 Å². The average Bonchev–Trinajstić information content (AvgIpc) is 2.34. The van der Waals surface area contributed by atoms with Gasteiger partial charge in [0.15, 0.2) is 0 Å². The van der Waals surface area contributed by atoms with Crippen molar-refractivity contribution in [2.24, 2.45) is 0 Å². The zero-order chi connectivity index (χ0) is 13.1. The van der Waals surface area contributed by atoms with Crippen molar-refractivity contribution in [3.05, 3.63) is 45.9 Å². The van der Waals surface area contributed by atoms with Gasteiger partial charge in [0.05, 0.1) is 5.97 Å². The first-order valence-electron chi connectivity index (χ1n) is 5.09. The Morgan fingerprint density at radius 1 is 1.33 bits per heavy atom. The number of aromatic amines is 1. The Morgan fingerprint density at radius 2 is 2.06 bits per heavy atom. The molecule has 0 aliphatic heterocycles. The summed E-state index contributed by atoms with van der Waals surface area (Å²) >= 11 is 0. The molecule has 1 aromatic carbocycles. The maximum Gasteiger partial charge on any atom is 0.273 e. The van der Waals surface area contributed by atoms with Gasteiger partial charge < -0.3 is 15.2 Å². The number of benzene rings is 1. The first-order chi connectivity index (χ1) is 8.58. The van der Waals surface area contributed by atoms with Crippen molar-refractivity contribution in [1.29, 1.82) is 0 Å². The Bertz CT molecular complexity index is 651. The molecule has 18 heavy (non-hydrogen) atoms. The van der Waals surface area contributed by atoms with Crippen molar-refractivity contribution in [3.63, 3.8) is 0 Å². The van der Waals surface area contributed by atoms with Gasteiger partial charge >= 0.3 is 0 Å². The van der Waals surface area contributed by atoms with Crippen molar-refractivity contribution >= 4 is 17.6 Å². The van der Waals surface area contributed by atoms with Gasteiger partial charge in [0, 0.05) is 11.3 Å². The van der Waals surface area contributed by atoms with Gasteiger partial charge in [0.1, 0.15) is 5.69 Å². The highest BCUT2D eigenvalue weighted by atomic mass is 16.4. The molecule has 2 rings (SSSR count). The smallest absolute Gasteiger partial charge is 0.273 e. The second-order valence-electron chi connectivity index (χ2n) is 3.55. The molecule has 0 saturated carbocycles. The van der Waals surface area contributed by atoms with Crippen LogP contribution in [0.25, 0.3) is 0 Å². The highest BCUT2D eigenvalue weighted by Crippen LogP contribution is 2.16. The molecule has 7 heteroatoms. The largest absolute Gasteiger partial charge is 0.545 e. The van der Waals surface area contributed by atoms with Crippen LogP contribution in [0.2, 0.25) is 0 Å².